The third-order valence-corrected chi connectivity index (χ3v) is 2.86. The molecule has 0 saturated carbocycles. The molecule has 1 aromatic carbocycles. The highest BCUT2D eigenvalue weighted by atomic mass is 35.5. The summed E-state index contributed by atoms with van der Waals surface area (Å²) in [5.41, 5.74) is 2.62. The molecule has 0 aliphatic rings. The molecule has 14 heavy (non-hydrogen) atoms. The highest BCUT2D eigenvalue weighted by Gasteiger charge is 2.09. The number of hydrogen-bond acceptors (Lipinski definition) is 0. The molecule has 1 rings (SSSR count). The molecule has 0 fully saturated rings. The van der Waals surface area contributed by atoms with Crippen LogP contribution in [0.3, 0.4) is 0 Å². The first-order valence-electron chi connectivity index (χ1n) is 5.36. The number of benzene rings is 1. The Hall–Kier alpha value is -0.490. The van der Waals surface area contributed by atoms with Gasteiger partial charge in [-0.05, 0) is 29.9 Å². The number of rotatable bonds is 4. The Kier molecular flexibility index (Phi) is 4.47. The lowest BCUT2D eigenvalue weighted by atomic mass is 10.0. The quantitative estimate of drug-likeness (QED) is 0.639. The van der Waals surface area contributed by atoms with E-state index >= 15 is 0 Å². The fourth-order valence-electron chi connectivity index (χ4n) is 1.51. The second-order valence-electron chi connectivity index (χ2n) is 4.19. The van der Waals surface area contributed by atoms with Crippen LogP contribution in [0.5, 0.6) is 0 Å². The molecule has 0 N–H and O–H groups in total. The fraction of sp³-hybridized carbons (Fsp3) is 0.538. The summed E-state index contributed by atoms with van der Waals surface area (Å²) in [4.78, 5) is 0. The molecule has 1 aromatic rings. The first-order valence-corrected chi connectivity index (χ1v) is 5.80. The molecule has 0 spiro atoms. The van der Waals surface area contributed by atoms with Gasteiger partial charge in [-0.2, -0.15) is 0 Å². The van der Waals surface area contributed by atoms with Gasteiger partial charge >= 0.3 is 0 Å². The van der Waals surface area contributed by atoms with E-state index in [9.17, 15) is 0 Å². The van der Waals surface area contributed by atoms with E-state index in [4.69, 9.17) is 11.6 Å². The molecule has 0 amide bonds. The Bertz CT molecular complexity index is 261. The summed E-state index contributed by atoms with van der Waals surface area (Å²) in [6.07, 6.45) is 2.14. The van der Waals surface area contributed by atoms with E-state index in [1.165, 1.54) is 11.1 Å². The molecular formula is C13H19Cl. The Morgan fingerprint density at radius 2 is 1.71 bits per heavy atom. The van der Waals surface area contributed by atoms with E-state index in [2.05, 4.69) is 45.0 Å². The highest BCUT2D eigenvalue weighted by Crippen LogP contribution is 2.27. The summed E-state index contributed by atoms with van der Waals surface area (Å²) in [6.45, 7) is 6.58. The summed E-state index contributed by atoms with van der Waals surface area (Å²) in [7, 11) is 0. The summed E-state index contributed by atoms with van der Waals surface area (Å²) in [6, 6.07) is 8.65. The summed E-state index contributed by atoms with van der Waals surface area (Å²) < 4.78 is 0. The van der Waals surface area contributed by atoms with Crippen molar-refractivity contribution in [2.24, 2.45) is 5.92 Å². The molecule has 1 heteroatoms. The van der Waals surface area contributed by atoms with Gasteiger partial charge in [0.2, 0.25) is 0 Å². The third kappa shape index (κ3) is 3.34. The van der Waals surface area contributed by atoms with Crippen LogP contribution in [0.2, 0.25) is 0 Å². The van der Waals surface area contributed by atoms with Crippen LogP contribution in [0.15, 0.2) is 24.3 Å². The zero-order valence-corrected chi connectivity index (χ0v) is 10.0. The Morgan fingerprint density at radius 1 is 1.14 bits per heavy atom. The molecule has 0 bridgehead atoms. The molecule has 0 nitrogen and oxygen atoms in total. The lowest BCUT2D eigenvalue weighted by molar-refractivity contribution is 0.575. The van der Waals surface area contributed by atoms with Crippen LogP contribution in [0, 0.1) is 5.92 Å². The molecule has 0 aliphatic carbocycles. The summed E-state index contributed by atoms with van der Waals surface area (Å²) >= 11 is 6.30. The van der Waals surface area contributed by atoms with Gasteiger partial charge < -0.3 is 0 Å². The zero-order chi connectivity index (χ0) is 10.6. The van der Waals surface area contributed by atoms with Crippen LogP contribution >= 0.6 is 11.6 Å². The minimum absolute atomic E-state index is 0.168. The van der Waals surface area contributed by atoms with Crippen molar-refractivity contribution in [2.45, 2.75) is 39.0 Å². The fourth-order valence-corrected chi connectivity index (χ4v) is 2.01. The molecule has 0 heterocycles. The topological polar surface area (TPSA) is 0 Å². The lowest BCUT2D eigenvalue weighted by Crippen LogP contribution is -1.96. The number of hydrogen-bond donors (Lipinski definition) is 0. The normalized spacial score (nSPS) is 13.2. The van der Waals surface area contributed by atoms with Crippen LogP contribution in [0.4, 0.5) is 0 Å². The third-order valence-electron chi connectivity index (χ3n) is 2.43. The van der Waals surface area contributed by atoms with Crippen molar-refractivity contribution in [3.8, 4) is 0 Å². The minimum atomic E-state index is 0.168. The van der Waals surface area contributed by atoms with E-state index in [1.54, 1.807) is 0 Å². The Morgan fingerprint density at radius 3 is 2.14 bits per heavy atom. The molecular weight excluding hydrogens is 192 g/mol. The van der Waals surface area contributed by atoms with Gasteiger partial charge in [-0.3, -0.25) is 0 Å². The average molecular weight is 211 g/mol. The zero-order valence-electron chi connectivity index (χ0n) is 9.26. The Labute approximate surface area is 92.3 Å². The number of halogens is 1. The van der Waals surface area contributed by atoms with Gasteiger partial charge in [-0.25, -0.2) is 0 Å². The van der Waals surface area contributed by atoms with Crippen LogP contribution < -0.4 is 0 Å². The van der Waals surface area contributed by atoms with Crippen LogP contribution in [-0.4, -0.2) is 0 Å². The maximum atomic E-state index is 6.30. The molecule has 78 valence electrons. The van der Waals surface area contributed by atoms with Gasteiger partial charge in [0, 0.05) is 0 Å². The summed E-state index contributed by atoms with van der Waals surface area (Å²) in [5.74, 6) is 0.656. The van der Waals surface area contributed by atoms with Gasteiger partial charge in [0.25, 0.3) is 0 Å². The van der Waals surface area contributed by atoms with Crippen molar-refractivity contribution in [1.29, 1.82) is 0 Å². The van der Waals surface area contributed by atoms with E-state index in [-0.39, 0.29) is 5.38 Å². The van der Waals surface area contributed by atoms with Crippen LogP contribution in [0.1, 0.15) is 43.7 Å². The maximum absolute atomic E-state index is 6.30. The SMILES string of the molecule is CCc1ccc([C@@H](Cl)CC(C)C)cc1. The minimum Gasteiger partial charge on any atom is -0.118 e. The molecule has 0 unspecified atom stereocenters. The highest BCUT2D eigenvalue weighted by molar-refractivity contribution is 6.20. The van der Waals surface area contributed by atoms with Crippen LogP contribution in [0.25, 0.3) is 0 Å². The monoisotopic (exact) mass is 210 g/mol. The predicted molar refractivity (Wildman–Crippen MR) is 63.9 cm³/mol. The van der Waals surface area contributed by atoms with Gasteiger partial charge in [0.1, 0.15) is 0 Å². The second kappa shape index (κ2) is 5.41. The van der Waals surface area contributed by atoms with Gasteiger partial charge in [-0.1, -0.05) is 45.0 Å². The van der Waals surface area contributed by atoms with Crippen molar-refractivity contribution in [3.05, 3.63) is 35.4 Å². The van der Waals surface area contributed by atoms with Gasteiger partial charge in [0.05, 0.1) is 5.38 Å². The first kappa shape index (κ1) is 11.6. The molecule has 0 saturated heterocycles. The molecule has 0 aromatic heterocycles. The molecule has 0 radical (unpaired) electrons. The Balaban J connectivity index is 2.66. The summed E-state index contributed by atoms with van der Waals surface area (Å²) in [5, 5.41) is 0.168. The van der Waals surface area contributed by atoms with Gasteiger partial charge in [0.15, 0.2) is 0 Å². The molecule has 1 atom stereocenters. The smallest absolute Gasteiger partial charge is 0.0587 e. The standard InChI is InChI=1S/C13H19Cl/c1-4-11-5-7-12(8-6-11)13(14)9-10(2)3/h5-8,10,13H,4,9H2,1-3H3/t13-/m0/s1. The van der Waals surface area contributed by atoms with Crippen molar-refractivity contribution >= 4 is 11.6 Å². The van der Waals surface area contributed by atoms with E-state index < -0.39 is 0 Å². The van der Waals surface area contributed by atoms with Crippen molar-refractivity contribution in [3.63, 3.8) is 0 Å². The van der Waals surface area contributed by atoms with E-state index in [0.29, 0.717) is 5.92 Å². The van der Waals surface area contributed by atoms with Crippen molar-refractivity contribution < 1.29 is 0 Å². The largest absolute Gasteiger partial charge is 0.118 e. The number of aryl methyl sites for hydroxylation is 1. The first-order chi connectivity index (χ1) is 6.63. The predicted octanol–water partition coefficient (Wildman–Crippen LogP) is 4.58. The van der Waals surface area contributed by atoms with Crippen molar-refractivity contribution in [1.82, 2.24) is 0 Å². The van der Waals surface area contributed by atoms with E-state index in [1.807, 2.05) is 0 Å². The molecule has 0 aliphatic heterocycles. The van der Waals surface area contributed by atoms with Gasteiger partial charge in [-0.15, -0.1) is 11.6 Å². The maximum Gasteiger partial charge on any atom is 0.0587 e. The van der Waals surface area contributed by atoms with E-state index in [0.717, 1.165) is 12.8 Å². The second-order valence-corrected chi connectivity index (χ2v) is 4.72. The number of alkyl halides is 1. The average Bonchev–Trinajstić information content (AvgIpc) is 2.17. The van der Waals surface area contributed by atoms with Crippen molar-refractivity contribution in [2.75, 3.05) is 0 Å². The lowest BCUT2D eigenvalue weighted by Gasteiger charge is -2.12. The van der Waals surface area contributed by atoms with Crippen LogP contribution in [-0.2, 0) is 6.42 Å².